The Hall–Kier alpha value is -1.09. The number of nitrogens with zero attached hydrogens (tertiary/aromatic N) is 2. The van der Waals surface area contributed by atoms with Gasteiger partial charge >= 0.3 is 0 Å². The zero-order valence-electron chi connectivity index (χ0n) is 11.0. The molecule has 17 heavy (non-hydrogen) atoms. The van der Waals surface area contributed by atoms with Crippen molar-refractivity contribution < 1.29 is 5.11 Å². The largest absolute Gasteiger partial charge is 0.392 e. The standard InChI is InChI=1S/C14H22N2O/c1-10(2)8-16(13-5-6-13)14-7-4-12(9-17)11(3)15-14/h4,7,10,13,17H,5-6,8-9H2,1-3H3. The molecule has 1 saturated carbocycles. The highest BCUT2D eigenvalue weighted by molar-refractivity contribution is 5.44. The number of aryl methyl sites for hydroxylation is 1. The first-order valence-corrected chi connectivity index (χ1v) is 6.46. The van der Waals surface area contributed by atoms with Gasteiger partial charge in [-0.3, -0.25) is 0 Å². The molecule has 0 aliphatic heterocycles. The van der Waals surface area contributed by atoms with Gasteiger partial charge in [-0.1, -0.05) is 19.9 Å². The quantitative estimate of drug-likeness (QED) is 0.850. The van der Waals surface area contributed by atoms with E-state index in [0.717, 1.165) is 23.6 Å². The van der Waals surface area contributed by atoms with Crippen molar-refractivity contribution in [2.24, 2.45) is 5.92 Å². The lowest BCUT2D eigenvalue weighted by molar-refractivity contribution is 0.280. The van der Waals surface area contributed by atoms with Gasteiger partial charge in [-0.15, -0.1) is 0 Å². The summed E-state index contributed by atoms with van der Waals surface area (Å²) in [5.74, 6) is 1.71. The van der Waals surface area contributed by atoms with E-state index in [1.165, 1.54) is 12.8 Å². The highest BCUT2D eigenvalue weighted by Gasteiger charge is 2.30. The molecule has 1 heterocycles. The zero-order chi connectivity index (χ0) is 12.4. The highest BCUT2D eigenvalue weighted by Crippen LogP contribution is 2.31. The van der Waals surface area contributed by atoms with Crippen LogP contribution in [0.5, 0.6) is 0 Å². The van der Waals surface area contributed by atoms with Crippen LogP contribution in [0.25, 0.3) is 0 Å². The molecule has 1 aliphatic rings. The van der Waals surface area contributed by atoms with Gasteiger partial charge in [-0.25, -0.2) is 4.98 Å². The molecule has 1 N–H and O–H groups in total. The molecule has 1 aromatic heterocycles. The summed E-state index contributed by atoms with van der Waals surface area (Å²) in [4.78, 5) is 7.04. The van der Waals surface area contributed by atoms with Gasteiger partial charge in [-0.05, 0) is 37.3 Å². The van der Waals surface area contributed by atoms with Gasteiger partial charge < -0.3 is 10.0 Å². The first-order chi connectivity index (χ1) is 8.11. The van der Waals surface area contributed by atoms with Crippen LogP contribution in [-0.2, 0) is 6.61 Å². The Morgan fingerprint density at radius 1 is 1.41 bits per heavy atom. The number of pyridine rings is 1. The lowest BCUT2D eigenvalue weighted by Crippen LogP contribution is -2.30. The highest BCUT2D eigenvalue weighted by atomic mass is 16.3. The smallest absolute Gasteiger partial charge is 0.129 e. The predicted octanol–water partition coefficient (Wildman–Crippen LogP) is 2.51. The Morgan fingerprint density at radius 2 is 2.12 bits per heavy atom. The summed E-state index contributed by atoms with van der Waals surface area (Å²) in [6.45, 7) is 7.59. The topological polar surface area (TPSA) is 36.4 Å². The van der Waals surface area contributed by atoms with E-state index < -0.39 is 0 Å². The molecule has 0 amide bonds. The van der Waals surface area contributed by atoms with Crippen LogP contribution in [0.15, 0.2) is 12.1 Å². The molecule has 0 atom stereocenters. The fourth-order valence-corrected chi connectivity index (χ4v) is 2.11. The van der Waals surface area contributed by atoms with E-state index in [9.17, 15) is 0 Å². The number of rotatable bonds is 5. The van der Waals surface area contributed by atoms with Crippen LogP contribution >= 0.6 is 0 Å². The third-order valence-corrected chi connectivity index (χ3v) is 3.19. The summed E-state index contributed by atoms with van der Waals surface area (Å²) < 4.78 is 0. The number of aliphatic hydroxyl groups excluding tert-OH is 1. The minimum atomic E-state index is 0.0761. The number of aromatic nitrogens is 1. The first-order valence-electron chi connectivity index (χ1n) is 6.46. The maximum absolute atomic E-state index is 9.16. The van der Waals surface area contributed by atoms with Crippen molar-refractivity contribution in [2.75, 3.05) is 11.4 Å². The third-order valence-electron chi connectivity index (χ3n) is 3.19. The second-order valence-electron chi connectivity index (χ2n) is 5.35. The molecule has 94 valence electrons. The van der Waals surface area contributed by atoms with E-state index in [2.05, 4.69) is 23.7 Å². The molecule has 0 saturated heterocycles. The van der Waals surface area contributed by atoms with Crippen LogP contribution in [0.1, 0.15) is 37.9 Å². The van der Waals surface area contributed by atoms with E-state index in [4.69, 9.17) is 5.11 Å². The van der Waals surface area contributed by atoms with Crippen LogP contribution in [-0.4, -0.2) is 22.7 Å². The molecule has 1 aromatic rings. The van der Waals surface area contributed by atoms with Crippen molar-refractivity contribution >= 4 is 5.82 Å². The molecular formula is C14H22N2O. The normalized spacial score (nSPS) is 15.4. The third kappa shape index (κ3) is 2.97. The summed E-state index contributed by atoms with van der Waals surface area (Å²) in [6.07, 6.45) is 2.57. The monoisotopic (exact) mass is 234 g/mol. The van der Waals surface area contributed by atoms with Crippen LogP contribution in [0.3, 0.4) is 0 Å². The SMILES string of the molecule is Cc1nc(N(CC(C)C)C2CC2)ccc1CO. The molecule has 0 radical (unpaired) electrons. The number of hydrogen-bond donors (Lipinski definition) is 1. The van der Waals surface area contributed by atoms with Crippen LogP contribution in [0.4, 0.5) is 5.82 Å². The Bertz CT molecular complexity index is 386. The van der Waals surface area contributed by atoms with Crippen molar-refractivity contribution in [1.82, 2.24) is 4.98 Å². The molecule has 1 aliphatic carbocycles. The molecular weight excluding hydrogens is 212 g/mol. The van der Waals surface area contributed by atoms with Gasteiger partial charge in [-0.2, -0.15) is 0 Å². The Labute approximate surface area is 103 Å². The molecule has 2 rings (SSSR count). The lowest BCUT2D eigenvalue weighted by atomic mass is 10.2. The average Bonchev–Trinajstić information content (AvgIpc) is 3.09. The molecule has 0 spiro atoms. The Kier molecular flexibility index (Phi) is 3.67. The van der Waals surface area contributed by atoms with Crippen molar-refractivity contribution in [2.45, 2.75) is 46.3 Å². The maximum Gasteiger partial charge on any atom is 0.129 e. The fraction of sp³-hybridized carbons (Fsp3) is 0.643. The predicted molar refractivity (Wildman–Crippen MR) is 70.1 cm³/mol. The summed E-state index contributed by atoms with van der Waals surface area (Å²) >= 11 is 0. The summed E-state index contributed by atoms with van der Waals surface area (Å²) in [6, 6.07) is 4.72. The first kappa shape index (κ1) is 12.4. The van der Waals surface area contributed by atoms with Gasteiger partial charge in [0, 0.05) is 18.3 Å². The second-order valence-corrected chi connectivity index (χ2v) is 5.35. The number of hydrogen-bond acceptors (Lipinski definition) is 3. The van der Waals surface area contributed by atoms with Gasteiger partial charge in [0.2, 0.25) is 0 Å². The molecule has 1 fully saturated rings. The number of anilines is 1. The maximum atomic E-state index is 9.16. The Morgan fingerprint density at radius 3 is 2.59 bits per heavy atom. The Balaban J connectivity index is 2.20. The van der Waals surface area contributed by atoms with E-state index in [0.29, 0.717) is 12.0 Å². The van der Waals surface area contributed by atoms with Gasteiger partial charge in [0.25, 0.3) is 0 Å². The van der Waals surface area contributed by atoms with Crippen molar-refractivity contribution in [3.8, 4) is 0 Å². The second kappa shape index (κ2) is 5.05. The van der Waals surface area contributed by atoms with Crippen molar-refractivity contribution in [3.05, 3.63) is 23.4 Å². The summed E-state index contributed by atoms with van der Waals surface area (Å²) in [7, 11) is 0. The van der Waals surface area contributed by atoms with E-state index >= 15 is 0 Å². The minimum absolute atomic E-state index is 0.0761. The van der Waals surface area contributed by atoms with Gasteiger partial charge in [0.05, 0.1) is 6.61 Å². The lowest BCUT2D eigenvalue weighted by Gasteiger charge is -2.26. The van der Waals surface area contributed by atoms with E-state index in [1.54, 1.807) is 0 Å². The summed E-state index contributed by atoms with van der Waals surface area (Å²) in [5, 5.41) is 9.16. The van der Waals surface area contributed by atoms with Crippen molar-refractivity contribution in [1.29, 1.82) is 0 Å². The summed E-state index contributed by atoms with van der Waals surface area (Å²) in [5.41, 5.74) is 1.87. The average molecular weight is 234 g/mol. The molecule has 0 unspecified atom stereocenters. The van der Waals surface area contributed by atoms with Gasteiger partial charge in [0.15, 0.2) is 0 Å². The van der Waals surface area contributed by atoms with Crippen LogP contribution in [0.2, 0.25) is 0 Å². The van der Waals surface area contributed by atoms with Crippen LogP contribution in [0, 0.1) is 12.8 Å². The molecule has 3 heteroatoms. The zero-order valence-corrected chi connectivity index (χ0v) is 11.0. The minimum Gasteiger partial charge on any atom is -0.392 e. The van der Waals surface area contributed by atoms with Crippen molar-refractivity contribution in [3.63, 3.8) is 0 Å². The van der Waals surface area contributed by atoms with E-state index in [-0.39, 0.29) is 6.61 Å². The molecule has 3 nitrogen and oxygen atoms in total. The molecule has 0 aromatic carbocycles. The van der Waals surface area contributed by atoms with E-state index in [1.807, 2.05) is 19.1 Å². The fourth-order valence-electron chi connectivity index (χ4n) is 2.11. The van der Waals surface area contributed by atoms with Crippen LogP contribution < -0.4 is 4.90 Å². The van der Waals surface area contributed by atoms with Gasteiger partial charge in [0.1, 0.15) is 5.82 Å². The number of aliphatic hydroxyl groups is 1. The molecule has 0 bridgehead atoms.